The van der Waals surface area contributed by atoms with Gasteiger partial charge in [-0.1, -0.05) is 38.2 Å². The Labute approximate surface area is 78.5 Å². The topological polar surface area (TPSA) is 38.0 Å². The fourth-order valence-electron chi connectivity index (χ4n) is 1.22. The third-order valence-corrected chi connectivity index (χ3v) is 2.16. The molecule has 1 unspecified atom stereocenters. The smallest absolute Gasteiger partial charge is 0.164 e. The minimum atomic E-state index is 0.0815. The Kier molecular flexibility index (Phi) is 2.52. The van der Waals surface area contributed by atoms with Crippen molar-refractivity contribution in [3.63, 3.8) is 0 Å². The van der Waals surface area contributed by atoms with Gasteiger partial charge in [-0.25, -0.2) is 0 Å². The SMILES string of the molecule is CC1(C)C=CC=CC1NC(N)=S. The first-order valence-electron chi connectivity index (χ1n) is 3.94. The summed E-state index contributed by atoms with van der Waals surface area (Å²) in [6.45, 7) is 4.28. The Balaban J connectivity index is 2.70. The van der Waals surface area contributed by atoms with Crippen LogP contribution in [-0.2, 0) is 0 Å². The summed E-state index contributed by atoms with van der Waals surface area (Å²) in [7, 11) is 0. The van der Waals surface area contributed by atoms with Gasteiger partial charge in [0.15, 0.2) is 5.11 Å². The molecule has 0 radical (unpaired) electrons. The Morgan fingerprint density at radius 3 is 2.67 bits per heavy atom. The van der Waals surface area contributed by atoms with Crippen LogP contribution in [0.25, 0.3) is 0 Å². The lowest BCUT2D eigenvalue weighted by Gasteiger charge is -2.32. The van der Waals surface area contributed by atoms with Crippen molar-refractivity contribution in [1.82, 2.24) is 5.32 Å². The Hall–Kier alpha value is -0.830. The predicted octanol–water partition coefficient (Wildman–Crippen LogP) is 1.34. The number of thiocarbonyl (C=S) groups is 1. The molecule has 0 aromatic carbocycles. The van der Waals surface area contributed by atoms with Crippen LogP contribution in [0.5, 0.6) is 0 Å². The zero-order valence-corrected chi connectivity index (χ0v) is 8.19. The first-order chi connectivity index (χ1) is 5.52. The quantitative estimate of drug-likeness (QED) is 0.601. The van der Waals surface area contributed by atoms with Crippen molar-refractivity contribution in [1.29, 1.82) is 0 Å². The van der Waals surface area contributed by atoms with Crippen LogP contribution in [0.15, 0.2) is 24.3 Å². The van der Waals surface area contributed by atoms with Crippen molar-refractivity contribution in [2.45, 2.75) is 19.9 Å². The number of allylic oxidation sites excluding steroid dienone is 2. The molecule has 1 aliphatic carbocycles. The molecule has 0 spiro atoms. The zero-order valence-electron chi connectivity index (χ0n) is 7.37. The fourth-order valence-corrected chi connectivity index (χ4v) is 1.34. The molecule has 0 saturated carbocycles. The molecule has 0 aliphatic heterocycles. The lowest BCUT2D eigenvalue weighted by atomic mass is 9.81. The summed E-state index contributed by atoms with van der Waals surface area (Å²) >= 11 is 4.79. The summed E-state index contributed by atoms with van der Waals surface area (Å²) in [6.07, 6.45) is 8.25. The second kappa shape index (κ2) is 3.27. The van der Waals surface area contributed by atoms with Gasteiger partial charge in [0.25, 0.3) is 0 Å². The molecule has 1 aliphatic rings. The standard InChI is InChI=1S/C9H14N2S/c1-9(2)6-4-3-5-7(9)11-8(10)12/h3-7H,1-2H3,(H3,10,11,12). The summed E-state index contributed by atoms with van der Waals surface area (Å²) in [5, 5.41) is 3.40. The zero-order chi connectivity index (χ0) is 9.19. The van der Waals surface area contributed by atoms with Gasteiger partial charge in [-0.05, 0) is 12.2 Å². The van der Waals surface area contributed by atoms with E-state index in [1.54, 1.807) is 0 Å². The minimum absolute atomic E-state index is 0.0815. The molecule has 2 nitrogen and oxygen atoms in total. The van der Waals surface area contributed by atoms with Crippen molar-refractivity contribution in [2.75, 3.05) is 0 Å². The Morgan fingerprint density at radius 1 is 1.50 bits per heavy atom. The summed E-state index contributed by atoms with van der Waals surface area (Å²) in [4.78, 5) is 0. The molecule has 0 fully saturated rings. The van der Waals surface area contributed by atoms with E-state index < -0.39 is 0 Å². The van der Waals surface area contributed by atoms with Crippen molar-refractivity contribution >= 4 is 17.3 Å². The first kappa shape index (κ1) is 9.26. The van der Waals surface area contributed by atoms with Crippen LogP contribution in [0.4, 0.5) is 0 Å². The third kappa shape index (κ3) is 2.08. The van der Waals surface area contributed by atoms with E-state index in [4.69, 9.17) is 18.0 Å². The van der Waals surface area contributed by atoms with Crippen molar-refractivity contribution in [2.24, 2.45) is 11.1 Å². The van der Waals surface area contributed by atoms with E-state index in [2.05, 4.69) is 31.3 Å². The van der Waals surface area contributed by atoms with Crippen molar-refractivity contribution in [3.8, 4) is 0 Å². The molecule has 0 saturated heterocycles. The summed E-state index contributed by atoms with van der Waals surface area (Å²) in [5.74, 6) is 0. The molecule has 1 rings (SSSR count). The molecule has 3 N–H and O–H groups in total. The highest BCUT2D eigenvalue weighted by atomic mass is 32.1. The van der Waals surface area contributed by atoms with E-state index in [-0.39, 0.29) is 11.5 Å². The van der Waals surface area contributed by atoms with Crippen LogP contribution in [0, 0.1) is 5.41 Å². The van der Waals surface area contributed by atoms with Crippen LogP contribution in [-0.4, -0.2) is 11.2 Å². The van der Waals surface area contributed by atoms with Gasteiger partial charge in [0, 0.05) is 5.41 Å². The van der Waals surface area contributed by atoms with Crippen LogP contribution in [0.3, 0.4) is 0 Å². The molecular formula is C9H14N2S. The lowest BCUT2D eigenvalue weighted by molar-refractivity contribution is 0.394. The lowest BCUT2D eigenvalue weighted by Crippen LogP contribution is -2.45. The summed E-state index contributed by atoms with van der Waals surface area (Å²) < 4.78 is 0. The van der Waals surface area contributed by atoms with E-state index in [9.17, 15) is 0 Å². The highest BCUT2D eigenvalue weighted by Gasteiger charge is 2.26. The number of hydrogen-bond donors (Lipinski definition) is 2. The van der Waals surface area contributed by atoms with Gasteiger partial charge in [-0.15, -0.1) is 0 Å². The van der Waals surface area contributed by atoms with Crippen molar-refractivity contribution in [3.05, 3.63) is 24.3 Å². The van der Waals surface area contributed by atoms with Crippen LogP contribution >= 0.6 is 12.2 Å². The van der Waals surface area contributed by atoms with Crippen molar-refractivity contribution < 1.29 is 0 Å². The average Bonchev–Trinajstić information content (AvgIpc) is 1.92. The second-order valence-corrected chi connectivity index (χ2v) is 3.99. The van der Waals surface area contributed by atoms with Gasteiger partial charge >= 0.3 is 0 Å². The van der Waals surface area contributed by atoms with E-state index in [0.29, 0.717) is 5.11 Å². The largest absolute Gasteiger partial charge is 0.376 e. The van der Waals surface area contributed by atoms with Gasteiger partial charge in [-0.3, -0.25) is 0 Å². The molecule has 12 heavy (non-hydrogen) atoms. The van der Waals surface area contributed by atoms with Gasteiger partial charge in [0.05, 0.1) is 6.04 Å². The number of nitrogens with one attached hydrogen (secondary N) is 1. The monoisotopic (exact) mass is 182 g/mol. The highest BCUT2D eigenvalue weighted by Crippen LogP contribution is 2.26. The predicted molar refractivity (Wildman–Crippen MR) is 55.8 cm³/mol. The summed E-state index contributed by atoms with van der Waals surface area (Å²) in [6, 6.07) is 0.208. The molecule has 66 valence electrons. The third-order valence-electron chi connectivity index (χ3n) is 2.04. The second-order valence-electron chi connectivity index (χ2n) is 3.55. The van der Waals surface area contributed by atoms with Crippen LogP contribution < -0.4 is 11.1 Å². The van der Waals surface area contributed by atoms with Gasteiger partial charge in [-0.2, -0.15) is 0 Å². The normalized spacial score (nSPS) is 25.3. The highest BCUT2D eigenvalue weighted by molar-refractivity contribution is 7.80. The molecule has 1 atom stereocenters. The molecule has 3 heteroatoms. The average molecular weight is 182 g/mol. The Morgan fingerprint density at radius 2 is 2.17 bits per heavy atom. The van der Waals surface area contributed by atoms with E-state index in [1.165, 1.54) is 0 Å². The van der Waals surface area contributed by atoms with E-state index >= 15 is 0 Å². The maximum absolute atomic E-state index is 5.41. The minimum Gasteiger partial charge on any atom is -0.376 e. The molecule has 0 aromatic rings. The molecule has 0 amide bonds. The van der Waals surface area contributed by atoms with Gasteiger partial charge in [0.1, 0.15) is 0 Å². The van der Waals surface area contributed by atoms with Gasteiger partial charge < -0.3 is 11.1 Å². The maximum atomic E-state index is 5.41. The molecular weight excluding hydrogens is 168 g/mol. The fraction of sp³-hybridized carbons (Fsp3) is 0.444. The number of rotatable bonds is 1. The van der Waals surface area contributed by atoms with E-state index in [1.807, 2.05) is 12.2 Å². The maximum Gasteiger partial charge on any atom is 0.164 e. The van der Waals surface area contributed by atoms with Gasteiger partial charge in [0.2, 0.25) is 0 Å². The number of hydrogen-bond acceptors (Lipinski definition) is 1. The molecule has 0 aromatic heterocycles. The first-order valence-corrected chi connectivity index (χ1v) is 4.35. The van der Waals surface area contributed by atoms with E-state index in [0.717, 1.165) is 0 Å². The Bertz CT molecular complexity index is 241. The number of nitrogens with two attached hydrogens (primary N) is 1. The molecule has 0 bridgehead atoms. The van der Waals surface area contributed by atoms with Crippen LogP contribution in [0.1, 0.15) is 13.8 Å². The molecule has 0 heterocycles. The summed E-state index contributed by atoms with van der Waals surface area (Å²) in [5.41, 5.74) is 5.49. The van der Waals surface area contributed by atoms with Crippen LogP contribution in [0.2, 0.25) is 0 Å².